The maximum absolute atomic E-state index is 12.4. The smallest absolute Gasteiger partial charge is 0.255 e. The van der Waals surface area contributed by atoms with Crippen molar-refractivity contribution in [2.45, 2.75) is 32.2 Å². The first kappa shape index (κ1) is 17.1. The molecule has 1 aromatic heterocycles. The number of nitrogen functional groups attached to an aromatic ring is 1. The molecule has 3 rings (SSSR count). The zero-order valence-corrected chi connectivity index (χ0v) is 14.3. The molecule has 25 heavy (non-hydrogen) atoms. The Balaban J connectivity index is 1.48. The lowest BCUT2D eigenvalue weighted by atomic mass is 10.0. The van der Waals surface area contributed by atoms with Gasteiger partial charge >= 0.3 is 0 Å². The Morgan fingerprint density at radius 3 is 2.48 bits per heavy atom. The Labute approximate surface area is 147 Å². The van der Waals surface area contributed by atoms with Gasteiger partial charge in [-0.05, 0) is 43.5 Å². The van der Waals surface area contributed by atoms with E-state index in [-0.39, 0.29) is 17.9 Å². The summed E-state index contributed by atoms with van der Waals surface area (Å²) in [6.07, 6.45) is 3.42. The van der Waals surface area contributed by atoms with Gasteiger partial charge < -0.3 is 20.4 Å². The number of amides is 2. The number of nitrogens with zero attached hydrogens (tertiary/aromatic N) is 1. The number of carbonyl (C=O) groups is 2. The van der Waals surface area contributed by atoms with Crippen LogP contribution in [0.4, 0.5) is 5.69 Å². The van der Waals surface area contributed by atoms with Crippen LogP contribution in [0.3, 0.4) is 0 Å². The van der Waals surface area contributed by atoms with Gasteiger partial charge in [-0.3, -0.25) is 9.59 Å². The number of hydrogen-bond acceptors (Lipinski definition) is 4. The third-order valence-corrected chi connectivity index (χ3v) is 4.62. The van der Waals surface area contributed by atoms with Crippen molar-refractivity contribution in [3.8, 4) is 0 Å². The van der Waals surface area contributed by atoms with Gasteiger partial charge in [-0.1, -0.05) is 12.1 Å². The van der Waals surface area contributed by atoms with E-state index in [0.717, 1.165) is 18.4 Å². The van der Waals surface area contributed by atoms with E-state index in [1.54, 1.807) is 13.0 Å². The molecule has 1 fully saturated rings. The van der Waals surface area contributed by atoms with Crippen LogP contribution < -0.4 is 11.1 Å². The van der Waals surface area contributed by atoms with E-state index >= 15 is 0 Å². The molecule has 1 aromatic carbocycles. The summed E-state index contributed by atoms with van der Waals surface area (Å²) in [5.41, 5.74) is 7.89. The van der Waals surface area contributed by atoms with Crippen LogP contribution >= 0.6 is 0 Å². The van der Waals surface area contributed by atoms with Crippen molar-refractivity contribution in [1.82, 2.24) is 10.2 Å². The molecule has 0 aliphatic carbocycles. The van der Waals surface area contributed by atoms with Crippen molar-refractivity contribution >= 4 is 17.5 Å². The topological polar surface area (TPSA) is 88.6 Å². The summed E-state index contributed by atoms with van der Waals surface area (Å²) in [7, 11) is 0. The lowest BCUT2D eigenvalue weighted by Gasteiger charge is -2.32. The van der Waals surface area contributed by atoms with Crippen LogP contribution in [0.5, 0.6) is 0 Å². The average molecular weight is 341 g/mol. The van der Waals surface area contributed by atoms with Crippen LogP contribution in [-0.2, 0) is 11.2 Å². The summed E-state index contributed by atoms with van der Waals surface area (Å²) in [6, 6.07) is 9.14. The van der Waals surface area contributed by atoms with Gasteiger partial charge in [0.25, 0.3) is 5.91 Å². The number of nitrogens with two attached hydrogens (primary N) is 1. The van der Waals surface area contributed by atoms with Gasteiger partial charge in [-0.15, -0.1) is 0 Å². The van der Waals surface area contributed by atoms with Crippen molar-refractivity contribution in [1.29, 1.82) is 0 Å². The highest BCUT2D eigenvalue weighted by Gasteiger charge is 2.24. The molecule has 1 aliphatic rings. The fraction of sp³-hybridized carbons (Fsp3) is 0.368. The monoisotopic (exact) mass is 341 g/mol. The molecule has 3 N–H and O–H groups in total. The Morgan fingerprint density at radius 1 is 1.20 bits per heavy atom. The molecule has 0 spiro atoms. The zero-order chi connectivity index (χ0) is 17.8. The SMILES string of the molecule is Cc1occc1C(=O)NC1CCN(C(=O)Cc2ccc(N)cc2)CC1. The second-order valence-corrected chi connectivity index (χ2v) is 6.44. The van der Waals surface area contributed by atoms with E-state index in [1.807, 2.05) is 29.2 Å². The summed E-state index contributed by atoms with van der Waals surface area (Å²) < 4.78 is 5.17. The maximum atomic E-state index is 12.4. The summed E-state index contributed by atoms with van der Waals surface area (Å²) in [4.78, 5) is 26.5. The molecule has 132 valence electrons. The highest BCUT2D eigenvalue weighted by molar-refractivity contribution is 5.95. The lowest BCUT2D eigenvalue weighted by molar-refractivity contribution is -0.131. The second kappa shape index (κ2) is 7.42. The number of piperidine rings is 1. The Bertz CT molecular complexity index is 744. The van der Waals surface area contributed by atoms with Crippen molar-refractivity contribution in [2.24, 2.45) is 0 Å². The Morgan fingerprint density at radius 2 is 1.88 bits per heavy atom. The quantitative estimate of drug-likeness (QED) is 0.834. The Kier molecular flexibility index (Phi) is 5.07. The second-order valence-electron chi connectivity index (χ2n) is 6.44. The molecular weight excluding hydrogens is 318 g/mol. The molecular formula is C19H23N3O3. The van der Waals surface area contributed by atoms with Gasteiger partial charge in [0.1, 0.15) is 5.76 Å². The Hall–Kier alpha value is -2.76. The van der Waals surface area contributed by atoms with E-state index < -0.39 is 0 Å². The number of aryl methyl sites for hydroxylation is 1. The number of anilines is 1. The summed E-state index contributed by atoms with van der Waals surface area (Å²) in [5, 5.41) is 3.03. The number of nitrogens with one attached hydrogen (secondary N) is 1. The van der Waals surface area contributed by atoms with Crippen molar-refractivity contribution in [3.05, 3.63) is 53.5 Å². The van der Waals surface area contributed by atoms with Crippen LogP contribution in [-0.4, -0.2) is 35.8 Å². The predicted molar refractivity (Wildman–Crippen MR) is 95.1 cm³/mol. The van der Waals surface area contributed by atoms with Crippen molar-refractivity contribution in [3.63, 3.8) is 0 Å². The standard InChI is InChI=1S/C19H23N3O3/c1-13-17(8-11-25-13)19(24)21-16-6-9-22(10-7-16)18(23)12-14-2-4-15(20)5-3-14/h2-5,8,11,16H,6-7,9-10,12,20H2,1H3,(H,21,24). The molecule has 0 bridgehead atoms. The molecule has 0 radical (unpaired) electrons. The minimum absolute atomic E-state index is 0.0855. The molecule has 0 atom stereocenters. The van der Waals surface area contributed by atoms with Crippen molar-refractivity contribution < 1.29 is 14.0 Å². The first-order valence-corrected chi connectivity index (χ1v) is 8.50. The normalized spacial score (nSPS) is 15.2. The number of likely N-dealkylation sites (tertiary alicyclic amines) is 1. The maximum Gasteiger partial charge on any atom is 0.255 e. The highest BCUT2D eigenvalue weighted by Crippen LogP contribution is 2.15. The molecule has 2 amide bonds. The molecule has 2 aromatic rings. The molecule has 0 saturated carbocycles. The molecule has 6 heteroatoms. The van der Waals surface area contributed by atoms with Crippen molar-refractivity contribution in [2.75, 3.05) is 18.8 Å². The molecule has 6 nitrogen and oxygen atoms in total. The number of furan rings is 1. The zero-order valence-electron chi connectivity index (χ0n) is 14.3. The minimum Gasteiger partial charge on any atom is -0.469 e. The number of benzene rings is 1. The molecule has 0 unspecified atom stereocenters. The largest absolute Gasteiger partial charge is 0.469 e. The molecule has 1 aliphatic heterocycles. The van der Waals surface area contributed by atoms with E-state index in [9.17, 15) is 9.59 Å². The van der Waals surface area contributed by atoms with E-state index in [2.05, 4.69) is 5.32 Å². The van der Waals surface area contributed by atoms with Gasteiger partial charge in [-0.25, -0.2) is 0 Å². The van der Waals surface area contributed by atoms with Crippen LogP contribution in [0.2, 0.25) is 0 Å². The van der Waals surface area contributed by atoms with E-state index in [0.29, 0.717) is 36.5 Å². The van der Waals surface area contributed by atoms with Gasteiger partial charge in [0.2, 0.25) is 5.91 Å². The van der Waals surface area contributed by atoms with Gasteiger partial charge in [0.05, 0.1) is 18.2 Å². The number of hydrogen-bond donors (Lipinski definition) is 2. The first-order chi connectivity index (χ1) is 12.0. The fourth-order valence-corrected chi connectivity index (χ4v) is 3.08. The minimum atomic E-state index is -0.113. The van der Waals surface area contributed by atoms with Crippen LogP contribution in [0.15, 0.2) is 41.0 Å². The van der Waals surface area contributed by atoms with Crippen LogP contribution in [0.25, 0.3) is 0 Å². The first-order valence-electron chi connectivity index (χ1n) is 8.50. The van der Waals surface area contributed by atoms with E-state index in [4.69, 9.17) is 10.2 Å². The van der Waals surface area contributed by atoms with Crippen LogP contribution in [0.1, 0.15) is 34.5 Å². The number of rotatable bonds is 4. The van der Waals surface area contributed by atoms with Gasteiger partial charge in [0, 0.05) is 24.8 Å². The lowest BCUT2D eigenvalue weighted by Crippen LogP contribution is -2.47. The fourth-order valence-electron chi connectivity index (χ4n) is 3.08. The van der Waals surface area contributed by atoms with E-state index in [1.165, 1.54) is 6.26 Å². The highest BCUT2D eigenvalue weighted by atomic mass is 16.3. The molecule has 1 saturated heterocycles. The third-order valence-electron chi connectivity index (χ3n) is 4.62. The van der Waals surface area contributed by atoms with Gasteiger partial charge in [0.15, 0.2) is 0 Å². The predicted octanol–water partition coefficient (Wildman–Crippen LogP) is 2.13. The number of carbonyl (C=O) groups excluding carboxylic acids is 2. The van der Waals surface area contributed by atoms with Gasteiger partial charge in [-0.2, -0.15) is 0 Å². The molecule has 2 heterocycles. The summed E-state index contributed by atoms with van der Waals surface area (Å²) in [6.45, 7) is 3.08. The summed E-state index contributed by atoms with van der Waals surface area (Å²) in [5.74, 6) is 0.617. The average Bonchev–Trinajstić information content (AvgIpc) is 3.04. The summed E-state index contributed by atoms with van der Waals surface area (Å²) >= 11 is 0. The van der Waals surface area contributed by atoms with Crippen LogP contribution in [0, 0.1) is 6.92 Å². The third kappa shape index (κ3) is 4.21.